The van der Waals surface area contributed by atoms with Crippen LogP contribution in [0.3, 0.4) is 0 Å². The van der Waals surface area contributed by atoms with E-state index in [9.17, 15) is 4.79 Å². The predicted molar refractivity (Wildman–Crippen MR) is 61.6 cm³/mol. The summed E-state index contributed by atoms with van der Waals surface area (Å²) in [7, 11) is 0. The summed E-state index contributed by atoms with van der Waals surface area (Å²) in [5.41, 5.74) is 0. The van der Waals surface area contributed by atoms with Gasteiger partial charge in [0.25, 0.3) is 0 Å². The molecule has 84 valence electrons. The summed E-state index contributed by atoms with van der Waals surface area (Å²) < 4.78 is 0. The van der Waals surface area contributed by atoms with Gasteiger partial charge in [-0.05, 0) is 12.8 Å². The Labute approximate surface area is 92.4 Å². The van der Waals surface area contributed by atoms with E-state index in [1.165, 1.54) is 0 Å². The summed E-state index contributed by atoms with van der Waals surface area (Å²) in [6.45, 7) is 8.22. The molecule has 0 saturated heterocycles. The van der Waals surface area contributed by atoms with Gasteiger partial charge in [0.05, 0.1) is 0 Å². The third kappa shape index (κ3) is 4.32. The summed E-state index contributed by atoms with van der Waals surface area (Å²) in [5.74, 6) is 0.941. The van der Waals surface area contributed by atoms with Crippen molar-refractivity contribution in [1.82, 2.24) is 5.32 Å². The number of hydrogen-bond donors (Lipinski definition) is 1. The van der Waals surface area contributed by atoms with Gasteiger partial charge in [-0.25, -0.2) is 0 Å². The molecule has 0 heterocycles. The molecule has 0 rings (SSSR count). The van der Waals surface area contributed by atoms with Crippen LogP contribution >= 0.6 is 11.6 Å². The van der Waals surface area contributed by atoms with Crippen LogP contribution in [0.5, 0.6) is 0 Å². The molecule has 0 aliphatic carbocycles. The zero-order valence-electron chi connectivity index (χ0n) is 9.64. The van der Waals surface area contributed by atoms with E-state index >= 15 is 0 Å². The monoisotopic (exact) mass is 219 g/mol. The molecule has 2 atom stereocenters. The third-order valence-electron chi connectivity index (χ3n) is 2.80. The van der Waals surface area contributed by atoms with Gasteiger partial charge in [0.2, 0.25) is 5.91 Å². The van der Waals surface area contributed by atoms with Gasteiger partial charge in [-0.15, -0.1) is 11.6 Å². The second-order valence-electron chi connectivity index (χ2n) is 3.93. The molecule has 3 heteroatoms. The smallest absolute Gasteiger partial charge is 0.224 e. The fourth-order valence-corrected chi connectivity index (χ4v) is 1.69. The lowest BCUT2D eigenvalue weighted by Crippen LogP contribution is -2.40. The highest BCUT2D eigenvalue weighted by Crippen LogP contribution is 2.13. The second kappa shape index (κ2) is 7.10. The Morgan fingerprint density at radius 3 is 2.14 bits per heavy atom. The lowest BCUT2D eigenvalue weighted by molar-refractivity contribution is -0.124. The Bertz CT molecular complexity index is 169. The van der Waals surface area contributed by atoms with Crippen LogP contribution in [0.15, 0.2) is 0 Å². The lowest BCUT2D eigenvalue weighted by Gasteiger charge is -2.23. The molecule has 1 N–H and O–H groups in total. The summed E-state index contributed by atoms with van der Waals surface area (Å²) >= 11 is 5.62. The zero-order valence-corrected chi connectivity index (χ0v) is 10.4. The van der Waals surface area contributed by atoms with E-state index in [4.69, 9.17) is 11.6 Å². The summed E-state index contributed by atoms with van der Waals surface area (Å²) in [6.07, 6.45) is 2.21. The van der Waals surface area contributed by atoms with Crippen LogP contribution in [0.1, 0.15) is 40.5 Å². The minimum atomic E-state index is -0.0894. The molecule has 0 aromatic carbocycles. The van der Waals surface area contributed by atoms with Crippen molar-refractivity contribution >= 4 is 17.5 Å². The average molecular weight is 220 g/mol. The molecule has 2 nitrogen and oxygen atoms in total. The highest BCUT2D eigenvalue weighted by Gasteiger charge is 2.18. The molecule has 0 aliphatic heterocycles. The summed E-state index contributed by atoms with van der Waals surface area (Å²) in [5, 5.41) is 3.01. The maximum absolute atomic E-state index is 11.5. The van der Waals surface area contributed by atoms with Crippen molar-refractivity contribution in [2.24, 2.45) is 11.8 Å². The van der Waals surface area contributed by atoms with Crippen molar-refractivity contribution < 1.29 is 4.79 Å². The highest BCUT2D eigenvalue weighted by atomic mass is 35.5. The van der Waals surface area contributed by atoms with E-state index in [1.807, 2.05) is 6.92 Å². The van der Waals surface area contributed by atoms with Crippen molar-refractivity contribution in [3.8, 4) is 0 Å². The maximum atomic E-state index is 11.5. The van der Waals surface area contributed by atoms with E-state index in [0.717, 1.165) is 12.8 Å². The number of amides is 1. The Hall–Kier alpha value is -0.240. The molecular formula is C11H22ClNO. The Morgan fingerprint density at radius 2 is 1.79 bits per heavy atom. The lowest BCUT2D eigenvalue weighted by atomic mass is 9.95. The normalized spacial score (nSPS) is 15.3. The Kier molecular flexibility index (Phi) is 6.98. The first-order valence-electron chi connectivity index (χ1n) is 5.43. The largest absolute Gasteiger partial charge is 0.353 e. The van der Waals surface area contributed by atoms with E-state index in [-0.39, 0.29) is 17.9 Å². The van der Waals surface area contributed by atoms with Gasteiger partial charge >= 0.3 is 0 Å². The molecule has 0 spiro atoms. The molecule has 2 unspecified atom stereocenters. The van der Waals surface area contributed by atoms with Crippen LogP contribution in [0.4, 0.5) is 0 Å². The van der Waals surface area contributed by atoms with Crippen LogP contribution < -0.4 is 5.32 Å². The predicted octanol–water partition coefficient (Wildman–Crippen LogP) is 2.80. The minimum absolute atomic E-state index is 0.0689. The number of nitrogens with one attached hydrogen (secondary N) is 1. The Balaban J connectivity index is 4.03. The molecule has 0 saturated carbocycles. The van der Waals surface area contributed by atoms with Crippen molar-refractivity contribution in [3.63, 3.8) is 0 Å². The first-order chi connectivity index (χ1) is 6.56. The van der Waals surface area contributed by atoms with Crippen LogP contribution in [0.2, 0.25) is 0 Å². The third-order valence-corrected chi connectivity index (χ3v) is 3.27. The fourth-order valence-electron chi connectivity index (χ4n) is 1.55. The number of halogens is 1. The topological polar surface area (TPSA) is 29.1 Å². The molecule has 0 fully saturated rings. The average Bonchev–Trinajstić information content (AvgIpc) is 2.18. The van der Waals surface area contributed by atoms with Crippen molar-refractivity contribution in [2.45, 2.75) is 46.6 Å². The second-order valence-corrected chi connectivity index (χ2v) is 4.24. The molecule has 0 aliphatic rings. The SMILES string of the molecule is CCC(CC)C(C)NC(=O)C(C)CCl. The van der Waals surface area contributed by atoms with E-state index in [1.54, 1.807) is 0 Å². The molecule has 0 bridgehead atoms. The molecule has 1 amide bonds. The first-order valence-corrected chi connectivity index (χ1v) is 5.96. The molecule has 0 aromatic heterocycles. The number of carbonyl (C=O) groups is 1. The van der Waals surface area contributed by atoms with Crippen molar-refractivity contribution in [3.05, 3.63) is 0 Å². The van der Waals surface area contributed by atoms with Crippen LogP contribution in [-0.2, 0) is 4.79 Å². The van der Waals surface area contributed by atoms with E-state index in [2.05, 4.69) is 26.1 Å². The number of alkyl halides is 1. The number of carbonyl (C=O) groups excluding carboxylic acids is 1. The quantitative estimate of drug-likeness (QED) is 0.684. The molecule has 0 radical (unpaired) electrons. The van der Waals surface area contributed by atoms with Crippen molar-refractivity contribution in [2.75, 3.05) is 5.88 Å². The Morgan fingerprint density at radius 1 is 1.29 bits per heavy atom. The van der Waals surface area contributed by atoms with Gasteiger partial charge < -0.3 is 5.32 Å². The van der Waals surface area contributed by atoms with Crippen LogP contribution in [0.25, 0.3) is 0 Å². The van der Waals surface area contributed by atoms with Crippen molar-refractivity contribution in [1.29, 1.82) is 0 Å². The number of hydrogen-bond acceptors (Lipinski definition) is 1. The molecule has 14 heavy (non-hydrogen) atoms. The van der Waals surface area contributed by atoms with Crippen LogP contribution in [-0.4, -0.2) is 17.8 Å². The maximum Gasteiger partial charge on any atom is 0.224 e. The summed E-state index contributed by atoms with van der Waals surface area (Å²) in [6, 6.07) is 0.253. The minimum Gasteiger partial charge on any atom is -0.353 e. The van der Waals surface area contributed by atoms with E-state index in [0.29, 0.717) is 11.8 Å². The first kappa shape index (κ1) is 13.8. The molecule has 0 aromatic rings. The van der Waals surface area contributed by atoms with Gasteiger partial charge in [0.15, 0.2) is 0 Å². The molecular weight excluding hydrogens is 198 g/mol. The highest BCUT2D eigenvalue weighted by molar-refractivity contribution is 6.19. The zero-order chi connectivity index (χ0) is 11.1. The fraction of sp³-hybridized carbons (Fsp3) is 0.909. The standard InChI is InChI=1S/C11H22ClNO/c1-5-10(6-2)9(4)13-11(14)8(3)7-12/h8-10H,5-7H2,1-4H3,(H,13,14). The summed E-state index contributed by atoms with van der Waals surface area (Å²) in [4.78, 5) is 11.5. The van der Waals surface area contributed by atoms with Gasteiger partial charge in [-0.3, -0.25) is 4.79 Å². The van der Waals surface area contributed by atoms with Gasteiger partial charge in [-0.2, -0.15) is 0 Å². The number of rotatable bonds is 6. The van der Waals surface area contributed by atoms with E-state index < -0.39 is 0 Å². The van der Waals surface area contributed by atoms with Crippen LogP contribution in [0, 0.1) is 11.8 Å². The van der Waals surface area contributed by atoms with Gasteiger partial charge in [0.1, 0.15) is 0 Å². The van der Waals surface area contributed by atoms with Gasteiger partial charge in [-0.1, -0.05) is 33.6 Å². The van der Waals surface area contributed by atoms with Gasteiger partial charge in [0, 0.05) is 17.8 Å².